The van der Waals surface area contributed by atoms with E-state index in [9.17, 15) is 0 Å². The van der Waals surface area contributed by atoms with Crippen molar-refractivity contribution in [2.45, 2.75) is 19.4 Å². The number of rotatable bonds is 3. The molecule has 0 saturated carbocycles. The Hall–Kier alpha value is -0.350. The predicted octanol–water partition coefficient (Wildman–Crippen LogP) is 3.49. The number of hydrogen-bond donors (Lipinski definition) is 1. The molecular formula is C13H16Cl2N2S. The third kappa shape index (κ3) is 3.58. The molecule has 1 aliphatic rings. The summed E-state index contributed by atoms with van der Waals surface area (Å²) in [6, 6.07) is 5.78. The molecule has 2 nitrogen and oxygen atoms in total. The van der Waals surface area contributed by atoms with Crippen molar-refractivity contribution < 1.29 is 0 Å². The van der Waals surface area contributed by atoms with Gasteiger partial charge in [0, 0.05) is 19.0 Å². The van der Waals surface area contributed by atoms with E-state index in [0.29, 0.717) is 21.0 Å². The minimum atomic E-state index is 0.344. The van der Waals surface area contributed by atoms with Gasteiger partial charge in [-0.25, -0.2) is 0 Å². The van der Waals surface area contributed by atoms with Crippen molar-refractivity contribution in [2.24, 2.45) is 11.7 Å². The van der Waals surface area contributed by atoms with Gasteiger partial charge in [0.2, 0.25) is 0 Å². The normalized spacial score (nSPS) is 20.9. The first-order valence-electron chi connectivity index (χ1n) is 6.02. The summed E-state index contributed by atoms with van der Waals surface area (Å²) in [6.45, 7) is 2.89. The zero-order valence-electron chi connectivity index (χ0n) is 10.0. The molecule has 18 heavy (non-hydrogen) atoms. The Bertz CT molecular complexity index is 451. The van der Waals surface area contributed by atoms with E-state index in [-0.39, 0.29) is 0 Å². The zero-order valence-corrected chi connectivity index (χ0v) is 12.4. The summed E-state index contributed by atoms with van der Waals surface area (Å²) >= 11 is 17.0. The second kappa shape index (κ2) is 6.20. The highest BCUT2D eigenvalue weighted by atomic mass is 35.5. The molecule has 1 heterocycles. The lowest BCUT2D eigenvalue weighted by Crippen LogP contribution is -2.39. The van der Waals surface area contributed by atoms with Crippen molar-refractivity contribution in [1.82, 2.24) is 4.90 Å². The van der Waals surface area contributed by atoms with Gasteiger partial charge < -0.3 is 5.73 Å². The molecule has 1 fully saturated rings. The first-order chi connectivity index (χ1) is 8.56. The lowest BCUT2D eigenvalue weighted by molar-refractivity contribution is 0.197. The molecule has 1 saturated heterocycles. The van der Waals surface area contributed by atoms with E-state index in [0.717, 1.165) is 32.5 Å². The highest BCUT2D eigenvalue weighted by Gasteiger charge is 2.21. The van der Waals surface area contributed by atoms with Gasteiger partial charge in [-0.3, -0.25) is 4.90 Å². The van der Waals surface area contributed by atoms with Crippen molar-refractivity contribution in [3.63, 3.8) is 0 Å². The van der Waals surface area contributed by atoms with Gasteiger partial charge in [0.1, 0.15) is 0 Å². The molecule has 1 unspecified atom stereocenters. The quantitative estimate of drug-likeness (QED) is 0.867. The van der Waals surface area contributed by atoms with Gasteiger partial charge in [-0.2, -0.15) is 0 Å². The lowest BCUT2D eigenvalue weighted by Gasteiger charge is -2.32. The number of benzene rings is 1. The molecule has 1 atom stereocenters. The molecule has 0 bridgehead atoms. The Morgan fingerprint density at radius 3 is 2.83 bits per heavy atom. The Balaban J connectivity index is 2.00. The van der Waals surface area contributed by atoms with Crippen LogP contribution in [0.2, 0.25) is 10.0 Å². The summed E-state index contributed by atoms with van der Waals surface area (Å²) in [7, 11) is 0. The van der Waals surface area contributed by atoms with Crippen LogP contribution in [0.5, 0.6) is 0 Å². The Kier molecular flexibility index (Phi) is 4.84. The van der Waals surface area contributed by atoms with Crippen LogP contribution in [0.25, 0.3) is 0 Å². The van der Waals surface area contributed by atoms with Crippen LogP contribution < -0.4 is 5.73 Å². The van der Waals surface area contributed by atoms with Crippen molar-refractivity contribution in [2.75, 3.05) is 13.1 Å². The van der Waals surface area contributed by atoms with E-state index in [1.165, 1.54) is 5.56 Å². The Morgan fingerprint density at radius 1 is 1.39 bits per heavy atom. The highest BCUT2D eigenvalue weighted by Crippen LogP contribution is 2.24. The van der Waals surface area contributed by atoms with Crippen LogP contribution in [-0.2, 0) is 6.54 Å². The summed E-state index contributed by atoms with van der Waals surface area (Å²) < 4.78 is 0. The Morgan fingerprint density at radius 2 is 2.17 bits per heavy atom. The molecule has 2 rings (SSSR count). The maximum absolute atomic E-state index is 6.02. The van der Waals surface area contributed by atoms with Gasteiger partial charge in [-0.05, 0) is 37.1 Å². The van der Waals surface area contributed by atoms with Crippen molar-refractivity contribution in [1.29, 1.82) is 0 Å². The Labute approximate surface area is 123 Å². The molecule has 1 aromatic carbocycles. The van der Waals surface area contributed by atoms with Gasteiger partial charge in [0.25, 0.3) is 0 Å². The SMILES string of the molecule is NC(=S)C1CCCN(Cc2ccc(Cl)c(Cl)c2)C1. The topological polar surface area (TPSA) is 29.3 Å². The number of nitrogens with zero attached hydrogens (tertiary/aromatic N) is 1. The van der Waals surface area contributed by atoms with Crippen LogP contribution in [0.1, 0.15) is 18.4 Å². The largest absolute Gasteiger partial charge is 0.393 e. The summed E-state index contributed by atoms with van der Waals surface area (Å²) in [5, 5.41) is 1.21. The lowest BCUT2D eigenvalue weighted by atomic mass is 9.97. The number of thiocarbonyl (C=S) groups is 1. The third-order valence-corrected chi connectivity index (χ3v) is 4.37. The van der Waals surface area contributed by atoms with Crippen molar-refractivity contribution in [3.05, 3.63) is 33.8 Å². The summed E-state index contributed by atoms with van der Waals surface area (Å²) in [6.07, 6.45) is 2.25. The molecule has 0 spiro atoms. The highest BCUT2D eigenvalue weighted by molar-refractivity contribution is 7.80. The summed E-state index contributed by atoms with van der Waals surface area (Å²) in [4.78, 5) is 3.00. The molecule has 1 aromatic rings. The minimum Gasteiger partial charge on any atom is -0.393 e. The molecule has 0 aliphatic carbocycles. The van der Waals surface area contributed by atoms with Gasteiger partial charge >= 0.3 is 0 Å². The molecule has 1 aliphatic heterocycles. The second-order valence-electron chi connectivity index (χ2n) is 4.73. The number of hydrogen-bond acceptors (Lipinski definition) is 2. The standard InChI is InChI=1S/C13H16Cl2N2S/c14-11-4-3-9(6-12(11)15)7-17-5-1-2-10(8-17)13(16)18/h3-4,6,10H,1-2,5,7-8H2,(H2,16,18). The fourth-order valence-electron chi connectivity index (χ4n) is 2.33. The molecule has 0 aromatic heterocycles. The summed E-state index contributed by atoms with van der Waals surface area (Å²) in [5.41, 5.74) is 6.91. The fraction of sp³-hybridized carbons (Fsp3) is 0.462. The van der Waals surface area contributed by atoms with E-state index in [4.69, 9.17) is 41.2 Å². The average molecular weight is 303 g/mol. The summed E-state index contributed by atoms with van der Waals surface area (Å²) in [5.74, 6) is 0.344. The van der Waals surface area contributed by atoms with Gasteiger partial charge in [-0.15, -0.1) is 0 Å². The number of halogens is 2. The van der Waals surface area contributed by atoms with Crippen LogP contribution in [0.15, 0.2) is 18.2 Å². The predicted molar refractivity (Wildman–Crippen MR) is 81.2 cm³/mol. The van der Waals surface area contributed by atoms with Gasteiger partial charge in [-0.1, -0.05) is 41.5 Å². The van der Waals surface area contributed by atoms with Crippen LogP contribution >= 0.6 is 35.4 Å². The monoisotopic (exact) mass is 302 g/mol. The van der Waals surface area contributed by atoms with Crippen LogP contribution in [0.3, 0.4) is 0 Å². The number of nitrogens with two attached hydrogens (primary N) is 1. The molecule has 0 radical (unpaired) electrons. The van der Waals surface area contributed by atoms with Crippen LogP contribution in [-0.4, -0.2) is 23.0 Å². The first kappa shape index (κ1) is 14.1. The van der Waals surface area contributed by atoms with E-state index in [1.807, 2.05) is 18.2 Å². The van der Waals surface area contributed by atoms with E-state index in [2.05, 4.69) is 4.90 Å². The van der Waals surface area contributed by atoms with Crippen LogP contribution in [0.4, 0.5) is 0 Å². The van der Waals surface area contributed by atoms with E-state index >= 15 is 0 Å². The number of piperidine rings is 1. The van der Waals surface area contributed by atoms with E-state index < -0.39 is 0 Å². The zero-order chi connectivity index (χ0) is 13.1. The minimum absolute atomic E-state index is 0.344. The fourth-order valence-corrected chi connectivity index (χ4v) is 2.84. The number of likely N-dealkylation sites (tertiary alicyclic amines) is 1. The van der Waals surface area contributed by atoms with Crippen LogP contribution in [0, 0.1) is 5.92 Å². The first-order valence-corrected chi connectivity index (χ1v) is 7.18. The smallest absolute Gasteiger partial charge is 0.0771 e. The molecule has 0 amide bonds. The molecule has 98 valence electrons. The molecule has 2 N–H and O–H groups in total. The molecular weight excluding hydrogens is 287 g/mol. The maximum atomic E-state index is 6.02. The average Bonchev–Trinajstić information content (AvgIpc) is 2.34. The van der Waals surface area contributed by atoms with Crippen molar-refractivity contribution >= 4 is 40.4 Å². The van der Waals surface area contributed by atoms with Gasteiger partial charge in [0.15, 0.2) is 0 Å². The van der Waals surface area contributed by atoms with Crippen molar-refractivity contribution in [3.8, 4) is 0 Å². The van der Waals surface area contributed by atoms with E-state index in [1.54, 1.807) is 0 Å². The third-order valence-electron chi connectivity index (χ3n) is 3.30. The van der Waals surface area contributed by atoms with Gasteiger partial charge in [0.05, 0.1) is 15.0 Å². The second-order valence-corrected chi connectivity index (χ2v) is 6.01. The maximum Gasteiger partial charge on any atom is 0.0771 e. The molecule has 5 heteroatoms.